The van der Waals surface area contributed by atoms with Crippen LogP contribution in [0.4, 0.5) is 0 Å². The molecule has 0 aromatic heterocycles. The first kappa shape index (κ1) is 17.4. The smallest absolute Gasteiger partial charge is 0.244 e. The Bertz CT molecular complexity index is 688. The van der Waals surface area contributed by atoms with Crippen molar-refractivity contribution in [2.24, 2.45) is 11.0 Å². The van der Waals surface area contributed by atoms with Crippen molar-refractivity contribution in [1.82, 2.24) is 9.73 Å². The zero-order chi connectivity index (χ0) is 16.9. The number of rotatable bonds is 5. The molecule has 1 heterocycles. The highest BCUT2D eigenvalue weighted by molar-refractivity contribution is 7.88. The lowest BCUT2D eigenvalue weighted by molar-refractivity contribution is -0.126. The van der Waals surface area contributed by atoms with E-state index in [0.717, 1.165) is 11.8 Å². The van der Waals surface area contributed by atoms with E-state index in [2.05, 4.69) is 10.5 Å². The highest BCUT2D eigenvalue weighted by Crippen LogP contribution is 2.18. The van der Waals surface area contributed by atoms with Crippen LogP contribution >= 0.6 is 0 Å². The lowest BCUT2D eigenvalue weighted by atomic mass is 9.99. The first-order chi connectivity index (χ1) is 10.9. The lowest BCUT2D eigenvalue weighted by Crippen LogP contribution is -2.44. The average molecular weight is 339 g/mol. The van der Waals surface area contributed by atoms with Gasteiger partial charge in [-0.05, 0) is 30.5 Å². The van der Waals surface area contributed by atoms with Gasteiger partial charge in [-0.25, -0.2) is 18.1 Å². The van der Waals surface area contributed by atoms with Gasteiger partial charge < -0.3 is 4.74 Å². The van der Waals surface area contributed by atoms with Gasteiger partial charge in [-0.3, -0.25) is 4.79 Å². The molecule has 1 N–H and O–H groups in total. The van der Waals surface area contributed by atoms with Crippen LogP contribution < -0.4 is 10.2 Å². The van der Waals surface area contributed by atoms with Gasteiger partial charge in [0.2, 0.25) is 15.9 Å². The van der Waals surface area contributed by atoms with Crippen LogP contribution in [0.25, 0.3) is 0 Å². The molecule has 1 aromatic carbocycles. The van der Waals surface area contributed by atoms with Crippen LogP contribution in [0, 0.1) is 5.92 Å². The molecule has 0 saturated carbocycles. The first-order valence-electron chi connectivity index (χ1n) is 7.32. The summed E-state index contributed by atoms with van der Waals surface area (Å²) in [6.45, 7) is 0.676. The molecule has 1 fully saturated rings. The van der Waals surface area contributed by atoms with Gasteiger partial charge in [-0.15, -0.1) is 0 Å². The molecule has 1 aromatic rings. The Kier molecular flexibility index (Phi) is 5.73. The van der Waals surface area contributed by atoms with Gasteiger partial charge in [-0.2, -0.15) is 5.10 Å². The second-order valence-electron chi connectivity index (χ2n) is 5.47. The third-order valence-corrected chi connectivity index (χ3v) is 4.98. The van der Waals surface area contributed by atoms with Crippen molar-refractivity contribution in [3.8, 4) is 5.75 Å². The number of nitrogens with one attached hydrogen (secondary N) is 1. The molecule has 1 amide bonds. The number of hydrazone groups is 1. The predicted octanol–water partition coefficient (Wildman–Crippen LogP) is 0.817. The number of hydrogen-bond acceptors (Lipinski definition) is 5. The van der Waals surface area contributed by atoms with Crippen LogP contribution in [0.3, 0.4) is 0 Å². The van der Waals surface area contributed by atoms with Crippen molar-refractivity contribution in [3.05, 3.63) is 29.8 Å². The summed E-state index contributed by atoms with van der Waals surface area (Å²) in [7, 11) is -1.68. The number of benzene rings is 1. The Labute approximate surface area is 136 Å². The maximum Gasteiger partial charge on any atom is 0.244 e. The second-order valence-corrected chi connectivity index (χ2v) is 7.45. The topological polar surface area (TPSA) is 88.1 Å². The van der Waals surface area contributed by atoms with Crippen LogP contribution in [0.15, 0.2) is 29.4 Å². The van der Waals surface area contributed by atoms with Crippen molar-refractivity contribution >= 4 is 22.1 Å². The van der Waals surface area contributed by atoms with Crippen molar-refractivity contribution < 1.29 is 17.9 Å². The minimum Gasteiger partial charge on any atom is -0.497 e. The molecular weight excluding hydrogens is 318 g/mol. The number of carbonyl (C=O) groups excluding carboxylic acids is 1. The van der Waals surface area contributed by atoms with E-state index >= 15 is 0 Å². The van der Waals surface area contributed by atoms with Crippen molar-refractivity contribution in [2.45, 2.75) is 12.8 Å². The number of sulfonamides is 1. The maximum atomic E-state index is 12.1. The molecule has 0 spiro atoms. The summed E-state index contributed by atoms with van der Waals surface area (Å²) in [4.78, 5) is 12.1. The Balaban J connectivity index is 1.92. The number of amides is 1. The third kappa shape index (κ3) is 5.04. The lowest BCUT2D eigenvalue weighted by Gasteiger charge is -2.29. The molecule has 0 bridgehead atoms. The molecule has 1 aliphatic rings. The summed E-state index contributed by atoms with van der Waals surface area (Å²) in [6.07, 6.45) is 4.02. The monoisotopic (exact) mass is 339 g/mol. The van der Waals surface area contributed by atoms with Crippen molar-refractivity contribution in [3.63, 3.8) is 0 Å². The van der Waals surface area contributed by atoms with Gasteiger partial charge in [0.15, 0.2) is 0 Å². The van der Waals surface area contributed by atoms with Gasteiger partial charge >= 0.3 is 0 Å². The number of ether oxygens (including phenoxy) is 1. The fraction of sp³-hybridized carbons (Fsp3) is 0.467. The SMILES string of the molecule is COc1cccc(/C=N\NC(=O)[C@@H]2CCCN(S(C)(=O)=O)C2)c1. The van der Waals surface area contributed by atoms with E-state index in [4.69, 9.17) is 4.74 Å². The Hall–Kier alpha value is -1.93. The Morgan fingerprint density at radius 1 is 1.48 bits per heavy atom. The second kappa shape index (κ2) is 7.56. The minimum atomic E-state index is -3.26. The maximum absolute atomic E-state index is 12.1. The summed E-state index contributed by atoms with van der Waals surface area (Å²) >= 11 is 0. The molecule has 126 valence electrons. The summed E-state index contributed by atoms with van der Waals surface area (Å²) in [6, 6.07) is 7.27. The minimum absolute atomic E-state index is 0.208. The van der Waals surface area contributed by atoms with E-state index in [9.17, 15) is 13.2 Å². The van der Waals surface area contributed by atoms with Crippen LogP contribution in [0.5, 0.6) is 5.75 Å². The molecule has 0 unspecified atom stereocenters. The van der Waals surface area contributed by atoms with Crippen LogP contribution in [-0.4, -0.2) is 51.3 Å². The number of carbonyl (C=O) groups is 1. The van der Waals surface area contributed by atoms with Crippen LogP contribution in [0.2, 0.25) is 0 Å². The zero-order valence-electron chi connectivity index (χ0n) is 13.2. The van der Waals surface area contributed by atoms with E-state index in [1.807, 2.05) is 18.2 Å². The third-order valence-electron chi connectivity index (χ3n) is 3.71. The Morgan fingerprint density at radius 2 is 2.26 bits per heavy atom. The number of piperidine rings is 1. The molecule has 1 atom stereocenters. The quantitative estimate of drug-likeness (QED) is 0.635. The molecule has 1 saturated heterocycles. The molecular formula is C15H21N3O4S. The van der Waals surface area contributed by atoms with E-state index < -0.39 is 10.0 Å². The van der Waals surface area contributed by atoms with Gasteiger partial charge in [0.05, 0.1) is 25.5 Å². The molecule has 1 aliphatic heterocycles. The summed E-state index contributed by atoms with van der Waals surface area (Å²) < 4.78 is 29.6. The van der Waals surface area contributed by atoms with E-state index in [0.29, 0.717) is 25.1 Å². The van der Waals surface area contributed by atoms with E-state index in [1.54, 1.807) is 13.2 Å². The summed E-state index contributed by atoms with van der Waals surface area (Å²) in [5, 5.41) is 3.93. The normalized spacial score (nSPS) is 19.7. The van der Waals surface area contributed by atoms with Crippen LogP contribution in [-0.2, 0) is 14.8 Å². The van der Waals surface area contributed by atoms with Crippen molar-refractivity contribution in [2.75, 3.05) is 26.5 Å². The number of hydrogen-bond donors (Lipinski definition) is 1. The molecule has 7 nitrogen and oxygen atoms in total. The van der Waals surface area contributed by atoms with E-state index in [1.165, 1.54) is 10.5 Å². The zero-order valence-corrected chi connectivity index (χ0v) is 14.0. The largest absolute Gasteiger partial charge is 0.497 e. The highest BCUT2D eigenvalue weighted by Gasteiger charge is 2.29. The average Bonchev–Trinajstić information content (AvgIpc) is 2.54. The van der Waals surface area contributed by atoms with Crippen LogP contribution in [0.1, 0.15) is 18.4 Å². The van der Waals surface area contributed by atoms with Gasteiger partial charge in [0.25, 0.3) is 0 Å². The van der Waals surface area contributed by atoms with Gasteiger partial charge in [0.1, 0.15) is 5.75 Å². The highest BCUT2D eigenvalue weighted by atomic mass is 32.2. The predicted molar refractivity (Wildman–Crippen MR) is 87.9 cm³/mol. The van der Waals surface area contributed by atoms with Gasteiger partial charge in [0, 0.05) is 13.1 Å². The number of methoxy groups -OCH3 is 1. The molecule has 2 rings (SSSR count). The molecule has 0 radical (unpaired) electrons. The Morgan fingerprint density at radius 3 is 2.96 bits per heavy atom. The first-order valence-corrected chi connectivity index (χ1v) is 9.17. The summed E-state index contributed by atoms with van der Waals surface area (Å²) in [5.74, 6) is 0.0646. The fourth-order valence-electron chi connectivity index (χ4n) is 2.44. The number of nitrogens with zero attached hydrogens (tertiary/aromatic N) is 2. The molecule has 0 aliphatic carbocycles. The van der Waals surface area contributed by atoms with Crippen molar-refractivity contribution in [1.29, 1.82) is 0 Å². The van der Waals surface area contributed by atoms with Gasteiger partial charge in [-0.1, -0.05) is 12.1 Å². The molecule has 23 heavy (non-hydrogen) atoms. The fourth-order valence-corrected chi connectivity index (χ4v) is 3.35. The molecule has 8 heteroatoms. The van der Waals surface area contributed by atoms with E-state index in [-0.39, 0.29) is 18.4 Å². The standard InChI is InChI=1S/C15H21N3O4S/c1-22-14-7-3-5-12(9-14)10-16-17-15(19)13-6-4-8-18(11-13)23(2,20)21/h3,5,7,9-10,13H,4,6,8,11H2,1-2H3,(H,17,19)/b16-10-/t13-/m1/s1. The summed E-state index contributed by atoms with van der Waals surface area (Å²) in [5.41, 5.74) is 3.28.